The molecule has 1 amide bonds. The molecule has 1 aromatic carbocycles. The quantitative estimate of drug-likeness (QED) is 0.181. The van der Waals surface area contributed by atoms with Crippen LogP contribution < -0.4 is 20.3 Å². The smallest absolute Gasteiger partial charge is 0.342 e. The standard InChI is InChI=1S/C31H38N8O4/c1-9-26(40)33-23-16-24(29(42-8)36-28(23)38(6)15-14-37(4)5)34-31-32-17-21(30(41)43-19(2)3)27(35-31)22-18-39(7)25-13-11-10-12-20(22)25/h9-13,16-19H,1,14-15H2,2-8H3,(H,33,40)(H,32,34,35). The largest absolute Gasteiger partial charge is 0.479 e. The van der Waals surface area contributed by atoms with Gasteiger partial charge in [0.25, 0.3) is 0 Å². The summed E-state index contributed by atoms with van der Waals surface area (Å²) in [6, 6.07) is 9.57. The van der Waals surface area contributed by atoms with E-state index in [4.69, 9.17) is 19.4 Å². The highest BCUT2D eigenvalue weighted by molar-refractivity contribution is 6.03. The summed E-state index contributed by atoms with van der Waals surface area (Å²) in [5.41, 5.74) is 3.23. The third-order valence-electron chi connectivity index (χ3n) is 6.60. The first kappa shape index (κ1) is 31.0. The highest BCUT2D eigenvalue weighted by Gasteiger charge is 2.23. The molecule has 0 aliphatic heterocycles. The minimum absolute atomic E-state index is 0.193. The van der Waals surface area contributed by atoms with E-state index in [1.54, 1.807) is 19.9 Å². The molecule has 226 valence electrons. The van der Waals surface area contributed by atoms with Crippen LogP contribution in [0.3, 0.4) is 0 Å². The fourth-order valence-corrected chi connectivity index (χ4v) is 4.48. The molecule has 0 aliphatic rings. The van der Waals surface area contributed by atoms with E-state index >= 15 is 0 Å². The Morgan fingerprint density at radius 1 is 1.12 bits per heavy atom. The van der Waals surface area contributed by atoms with Gasteiger partial charge in [-0.25, -0.2) is 14.8 Å². The number of pyridine rings is 1. The van der Waals surface area contributed by atoms with Crippen LogP contribution in [0.2, 0.25) is 0 Å². The number of fused-ring (bicyclic) bond motifs is 1. The van der Waals surface area contributed by atoms with Crippen molar-refractivity contribution in [2.24, 2.45) is 7.05 Å². The maximum absolute atomic E-state index is 13.1. The minimum atomic E-state index is -0.525. The van der Waals surface area contributed by atoms with Gasteiger partial charge in [-0.2, -0.15) is 4.98 Å². The fraction of sp³-hybridized carbons (Fsp3) is 0.323. The Balaban J connectivity index is 1.82. The van der Waals surface area contributed by atoms with E-state index in [-0.39, 0.29) is 29.4 Å². The number of carbonyl (C=O) groups excluding carboxylic acids is 2. The summed E-state index contributed by atoms with van der Waals surface area (Å²) in [4.78, 5) is 43.3. The summed E-state index contributed by atoms with van der Waals surface area (Å²) in [5, 5.41) is 6.93. The van der Waals surface area contributed by atoms with Crippen molar-refractivity contribution < 1.29 is 19.1 Å². The lowest BCUT2D eigenvalue weighted by Crippen LogP contribution is -2.30. The molecule has 3 aromatic heterocycles. The number of rotatable bonds is 12. The van der Waals surface area contributed by atoms with Crippen LogP contribution in [0.1, 0.15) is 24.2 Å². The summed E-state index contributed by atoms with van der Waals surface area (Å²) in [7, 11) is 9.29. The number of anilines is 4. The SMILES string of the molecule is C=CC(=O)Nc1cc(Nc2ncc(C(=O)OC(C)C)c(-c3cn(C)c4ccccc34)n2)c(OC)nc1N(C)CCN(C)C. The van der Waals surface area contributed by atoms with E-state index in [1.807, 2.05) is 68.1 Å². The predicted octanol–water partition coefficient (Wildman–Crippen LogP) is 4.47. The summed E-state index contributed by atoms with van der Waals surface area (Å²) >= 11 is 0. The van der Waals surface area contributed by atoms with Crippen molar-refractivity contribution in [2.75, 3.05) is 56.9 Å². The van der Waals surface area contributed by atoms with Crippen LogP contribution in [0.4, 0.5) is 23.1 Å². The zero-order chi connectivity index (χ0) is 31.3. The number of methoxy groups -OCH3 is 1. The molecular formula is C31H38N8O4. The first-order chi connectivity index (χ1) is 20.5. The summed E-state index contributed by atoms with van der Waals surface area (Å²) in [6.07, 6.45) is 4.24. The van der Waals surface area contributed by atoms with Crippen LogP contribution in [0.15, 0.2) is 55.4 Å². The highest BCUT2D eigenvalue weighted by Crippen LogP contribution is 2.36. The molecule has 0 unspecified atom stereocenters. The molecule has 0 radical (unpaired) electrons. The number of ether oxygens (including phenoxy) is 2. The van der Waals surface area contributed by atoms with Crippen LogP contribution in [-0.4, -0.2) is 83.7 Å². The topological polar surface area (TPSA) is 127 Å². The average Bonchev–Trinajstić information content (AvgIpc) is 3.31. The van der Waals surface area contributed by atoms with Gasteiger partial charge in [-0.05, 0) is 46.2 Å². The van der Waals surface area contributed by atoms with Gasteiger partial charge in [-0.1, -0.05) is 24.8 Å². The van der Waals surface area contributed by atoms with E-state index in [1.165, 1.54) is 19.4 Å². The second kappa shape index (κ2) is 13.3. The molecule has 0 atom stereocenters. The van der Waals surface area contributed by atoms with Crippen molar-refractivity contribution in [3.63, 3.8) is 0 Å². The number of hydrogen-bond donors (Lipinski definition) is 2. The fourth-order valence-electron chi connectivity index (χ4n) is 4.48. The lowest BCUT2D eigenvalue weighted by molar-refractivity contribution is -0.111. The number of aryl methyl sites for hydroxylation is 1. The van der Waals surface area contributed by atoms with Gasteiger partial charge in [0.05, 0.1) is 24.6 Å². The Hall–Kier alpha value is -4.97. The molecule has 43 heavy (non-hydrogen) atoms. The molecule has 3 heterocycles. The Bertz CT molecular complexity index is 1650. The molecular weight excluding hydrogens is 548 g/mol. The zero-order valence-corrected chi connectivity index (χ0v) is 25.6. The molecule has 4 rings (SSSR count). The summed E-state index contributed by atoms with van der Waals surface area (Å²) < 4.78 is 13.1. The van der Waals surface area contributed by atoms with E-state index in [2.05, 4.69) is 27.1 Å². The Kier molecular flexibility index (Phi) is 9.61. The Morgan fingerprint density at radius 2 is 1.86 bits per heavy atom. The van der Waals surface area contributed by atoms with Gasteiger partial charge in [0.1, 0.15) is 11.3 Å². The molecule has 12 heteroatoms. The Morgan fingerprint density at radius 3 is 2.53 bits per heavy atom. The summed E-state index contributed by atoms with van der Waals surface area (Å²) in [6.45, 7) is 8.56. The zero-order valence-electron chi connectivity index (χ0n) is 25.6. The number of hydrogen-bond acceptors (Lipinski definition) is 10. The normalized spacial score (nSPS) is 11.1. The van der Waals surface area contributed by atoms with Crippen LogP contribution in [0.25, 0.3) is 22.2 Å². The highest BCUT2D eigenvalue weighted by atomic mass is 16.5. The van der Waals surface area contributed by atoms with E-state index < -0.39 is 5.97 Å². The summed E-state index contributed by atoms with van der Waals surface area (Å²) in [5.74, 6) is 0.0651. The number of nitrogens with zero attached hydrogens (tertiary/aromatic N) is 6. The monoisotopic (exact) mass is 586 g/mol. The molecule has 0 aliphatic carbocycles. The van der Waals surface area contributed by atoms with Crippen molar-refractivity contribution in [3.8, 4) is 17.1 Å². The molecule has 0 saturated carbocycles. The van der Waals surface area contributed by atoms with Gasteiger partial charge in [0, 0.05) is 56.0 Å². The maximum atomic E-state index is 13.1. The number of carbonyl (C=O) groups is 2. The van der Waals surface area contributed by atoms with Crippen LogP contribution in [0.5, 0.6) is 5.88 Å². The van der Waals surface area contributed by atoms with Crippen molar-refractivity contribution in [1.29, 1.82) is 0 Å². The molecule has 0 saturated heterocycles. The average molecular weight is 587 g/mol. The third-order valence-corrected chi connectivity index (χ3v) is 6.60. The van der Waals surface area contributed by atoms with Gasteiger partial charge in [0.15, 0.2) is 5.82 Å². The third kappa shape index (κ3) is 7.09. The lowest BCUT2D eigenvalue weighted by atomic mass is 10.1. The van der Waals surface area contributed by atoms with Gasteiger partial charge in [0.2, 0.25) is 17.7 Å². The van der Waals surface area contributed by atoms with Crippen LogP contribution in [-0.2, 0) is 16.6 Å². The van der Waals surface area contributed by atoms with Crippen molar-refractivity contribution in [1.82, 2.24) is 24.4 Å². The van der Waals surface area contributed by atoms with Crippen molar-refractivity contribution >= 4 is 45.9 Å². The minimum Gasteiger partial charge on any atom is -0.479 e. The first-order valence-electron chi connectivity index (χ1n) is 13.8. The van der Waals surface area contributed by atoms with E-state index in [9.17, 15) is 9.59 Å². The number of nitrogens with one attached hydrogen (secondary N) is 2. The number of likely N-dealkylation sites (N-methyl/N-ethyl adjacent to an activating group) is 2. The van der Waals surface area contributed by atoms with Crippen LogP contribution in [0, 0.1) is 0 Å². The number of aromatic nitrogens is 4. The molecule has 0 fully saturated rings. The Labute approximate surface area is 251 Å². The number of benzene rings is 1. The van der Waals surface area contributed by atoms with Crippen LogP contribution >= 0.6 is 0 Å². The molecule has 2 N–H and O–H groups in total. The van der Waals surface area contributed by atoms with E-state index in [0.717, 1.165) is 23.0 Å². The first-order valence-corrected chi connectivity index (χ1v) is 13.8. The van der Waals surface area contributed by atoms with E-state index in [0.29, 0.717) is 29.4 Å². The van der Waals surface area contributed by atoms with Gasteiger partial charge in [-0.15, -0.1) is 0 Å². The molecule has 12 nitrogen and oxygen atoms in total. The molecule has 0 bridgehead atoms. The van der Waals surface area contributed by atoms with Crippen molar-refractivity contribution in [2.45, 2.75) is 20.0 Å². The second-order valence-corrected chi connectivity index (χ2v) is 10.5. The lowest BCUT2D eigenvalue weighted by Gasteiger charge is -2.24. The van der Waals surface area contributed by atoms with Gasteiger partial charge >= 0.3 is 5.97 Å². The van der Waals surface area contributed by atoms with Crippen molar-refractivity contribution in [3.05, 3.63) is 60.9 Å². The number of amides is 1. The maximum Gasteiger partial charge on any atom is 0.342 e. The second-order valence-electron chi connectivity index (χ2n) is 10.5. The molecule has 0 spiro atoms. The molecule has 4 aromatic rings. The number of para-hydroxylation sites is 1. The van der Waals surface area contributed by atoms with Gasteiger partial charge < -0.3 is 34.5 Å². The number of esters is 1. The van der Waals surface area contributed by atoms with Gasteiger partial charge in [-0.3, -0.25) is 4.79 Å². The predicted molar refractivity (Wildman–Crippen MR) is 169 cm³/mol.